The normalized spacial score (nSPS) is 14.4. The number of aryl methyl sites for hydroxylation is 1. The first-order valence-corrected chi connectivity index (χ1v) is 6.66. The minimum absolute atomic E-state index is 0.267. The summed E-state index contributed by atoms with van der Waals surface area (Å²) in [5.41, 5.74) is 3.21. The first-order chi connectivity index (χ1) is 9.33. The Morgan fingerprint density at radius 3 is 2.74 bits per heavy atom. The van der Waals surface area contributed by atoms with Gasteiger partial charge in [0, 0.05) is 24.4 Å². The number of carbonyl (C=O) groups is 1. The van der Waals surface area contributed by atoms with Crippen LogP contribution in [0.5, 0.6) is 0 Å². The molecule has 0 amide bonds. The lowest BCUT2D eigenvalue weighted by molar-refractivity contribution is 0.0641. The Hall–Kier alpha value is -1.87. The van der Waals surface area contributed by atoms with E-state index in [9.17, 15) is 4.79 Å². The lowest BCUT2D eigenvalue weighted by atomic mass is 9.95. The Kier molecular flexibility index (Phi) is 3.47. The molecule has 0 radical (unpaired) electrons. The van der Waals surface area contributed by atoms with Crippen LogP contribution in [0.3, 0.4) is 0 Å². The SMILES string of the molecule is O=C1CCCc2cn(COCc3ccccc3)cc21. The molecule has 0 N–H and O–H groups in total. The molecule has 19 heavy (non-hydrogen) atoms. The van der Waals surface area contributed by atoms with Gasteiger partial charge in [-0.3, -0.25) is 4.79 Å². The fraction of sp³-hybridized carbons (Fsp3) is 0.312. The van der Waals surface area contributed by atoms with E-state index in [4.69, 9.17) is 4.74 Å². The van der Waals surface area contributed by atoms with Gasteiger partial charge in [0.2, 0.25) is 0 Å². The van der Waals surface area contributed by atoms with Gasteiger partial charge in [0.15, 0.2) is 5.78 Å². The molecule has 1 aliphatic rings. The molecule has 1 aromatic carbocycles. The van der Waals surface area contributed by atoms with E-state index >= 15 is 0 Å². The van der Waals surface area contributed by atoms with Crippen LogP contribution in [-0.4, -0.2) is 10.4 Å². The van der Waals surface area contributed by atoms with Gasteiger partial charge in [-0.1, -0.05) is 30.3 Å². The van der Waals surface area contributed by atoms with Crippen LogP contribution in [0.1, 0.15) is 34.3 Å². The molecule has 98 valence electrons. The fourth-order valence-electron chi connectivity index (χ4n) is 2.50. The van der Waals surface area contributed by atoms with Gasteiger partial charge < -0.3 is 9.30 Å². The highest BCUT2D eigenvalue weighted by molar-refractivity contribution is 5.98. The molecule has 0 aliphatic heterocycles. The molecule has 0 bridgehead atoms. The zero-order chi connectivity index (χ0) is 13.1. The number of ether oxygens (including phenoxy) is 1. The Bertz CT molecular complexity index is 572. The predicted octanol–water partition coefficient (Wildman–Crippen LogP) is 3.18. The summed E-state index contributed by atoms with van der Waals surface area (Å²) in [5, 5.41) is 0. The van der Waals surface area contributed by atoms with Gasteiger partial charge in [0.25, 0.3) is 0 Å². The molecule has 0 saturated carbocycles. The average Bonchev–Trinajstić information content (AvgIpc) is 2.84. The van der Waals surface area contributed by atoms with Crippen molar-refractivity contribution >= 4 is 5.78 Å². The maximum absolute atomic E-state index is 11.7. The van der Waals surface area contributed by atoms with Gasteiger partial charge in [-0.15, -0.1) is 0 Å². The van der Waals surface area contributed by atoms with Crippen molar-refractivity contribution in [2.24, 2.45) is 0 Å². The molecule has 0 unspecified atom stereocenters. The molecule has 3 heteroatoms. The van der Waals surface area contributed by atoms with E-state index in [2.05, 4.69) is 0 Å². The van der Waals surface area contributed by atoms with E-state index in [1.807, 2.05) is 47.3 Å². The maximum Gasteiger partial charge on any atom is 0.164 e. The van der Waals surface area contributed by atoms with Crippen molar-refractivity contribution in [3.8, 4) is 0 Å². The van der Waals surface area contributed by atoms with Crippen molar-refractivity contribution < 1.29 is 9.53 Å². The highest BCUT2D eigenvalue weighted by Gasteiger charge is 2.18. The van der Waals surface area contributed by atoms with Gasteiger partial charge >= 0.3 is 0 Å². The number of hydrogen-bond donors (Lipinski definition) is 0. The van der Waals surface area contributed by atoms with Crippen LogP contribution in [0, 0.1) is 0 Å². The third kappa shape index (κ3) is 2.76. The third-order valence-corrected chi connectivity index (χ3v) is 3.46. The third-order valence-electron chi connectivity index (χ3n) is 3.46. The van der Waals surface area contributed by atoms with Crippen molar-refractivity contribution in [3.63, 3.8) is 0 Å². The molecule has 0 fully saturated rings. The number of Topliss-reactive ketones (excluding diaryl/α,β-unsaturated/α-hetero) is 1. The fourth-order valence-corrected chi connectivity index (χ4v) is 2.50. The standard InChI is InChI=1S/C16H17NO2/c18-16-8-4-7-14-9-17(10-15(14)16)12-19-11-13-5-2-1-3-6-13/h1-3,5-6,9-10H,4,7-8,11-12H2. The van der Waals surface area contributed by atoms with Crippen LogP contribution in [0.2, 0.25) is 0 Å². The Morgan fingerprint density at radius 1 is 1.11 bits per heavy atom. The summed E-state index contributed by atoms with van der Waals surface area (Å²) >= 11 is 0. The first kappa shape index (κ1) is 12.2. The minimum Gasteiger partial charge on any atom is -0.356 e. The van der Waals surface area contributed by atoms with Crippen molar-refractivity contribution in [2.75, 3.05) is 0 Å². The highest BCUT2D eigenvalue weighted by atomic mass is 16.5. The largest absolute Gasteiger partial charge is 0.356 e. The second-order valence-electron chi connectivity index (χ2n) is 4.95. The van der Waals surface area contributed by atoms with E-state index in [1.165, 1.54) is 5.56 Å². The predicted molar refractivity (Wildman–Crippen MR) is 72.9 cm³/mol. The lowest BCUT2D eigenvalue weighted by Gasteiger charge is -2.07. The summed E-state index contributed by atoms with van der Waals surface area (Å²) in [5.74, 6) is 0.267. The topological polar surface area (TPSA) is 31.2 Å². The Labute approximate surface area is 112 Å². The summed E-state index contributed by atoms with van der Waals surface area (Å²) in [4.78, 5) is 11.7. The van der Waals surface area contributed by atoms with Crippen LogP contribution in [0.25, 0.3) is 0 Å². The molecular weight excluding hydrogens is 238 g/mol. The first-order valence-electron chi connectivity index (χ1n) is 6.66. The number of carbonyl (C=O) groups excluding carboxylic acids is 1. The van der Waals surface area contributed by atoms with Crippen molar-refractivity contribution in [2.45, 2.75) is 32.6 Å². The zero-order valence-corrected chi connectivity index (χ0v) is 10.8. The molecule has 3 rings (SSSR count). The Morgan fingerprint density at radius 2 is 1.95 bits per heavy atom. The highest BCUT2D eigenvalue weighted by Crippen LogP contribution is 2.22. The molecule has 1 aromatic heterocycles. The molecule has 2 aromatic rings. The van der Waals surface area contributed by atoms with Gasteiger partial charge in [0.1, 0.15) is 6.73 Å². The molecule has 0 saturated heterocycles. The molecule has 1 heterocycles. The summed E-state index contributed by atoms with van der Waals surface area (Å²) < 4.78 is 7.64. The van der Waals surface area contributed by atoms with E-state index in [1.54, 1.807) is 0 Å². The van der Waals surface area contributed by atoms with Crippen LogP contribution in [0.15, 0.2) is 42.7 Å². The number of aromatic nitrogens is 1. The average molecular weight is 255 g/mol. The van der Waals surface area contributed by atoms with Crippen LogP contribution in [-0.2, 0) is 24.5 Å². The van der Waals surface area contributed by atoms with Gasteiger partial charge in [-0.25, -0.2) is 0 Å². The second-order valence-corrected chi connectivity index (χ2v) is 4.95. The number of benzene rings is 1. The van der Waals surface area contributed by atoms with E-state index in [-0.39, 0.29) is 5.78 Å². The maximum atomic E-state index is 11.7. The van der Waals surface area contributed by atoms with Crippen LogP contribution >= 0.6 is 0 Å². The zero-order valence-electron chi connectivity index (χ0n) is 10.8. The summed E-state index contributed by atoms with van der Waals surface area (Å²) in [6.45, 7) is 1.09. The van der Waals surface area contributed by atoms with Crippen molar-refractivity contribution in [1.82, 2.24) is 4.57 Å². The van der Waals surface area contributed by atoms with Gasteiger partial charge in [-0.05, 0) is 24.0 Å². The number of nitrogens with zero attached hydrogens (tertiary/aromatic N) is 1. The number of ketones is 1. The Balaban J connectivity index is 1.60. The van der Waals surface area contributed by atoms with Crippen LogP contribution < -0.4 is 0 Å². The molecule has 3 nitrogen and oxygen atoms in total. The van der Waals surface area contributed by atoms with E-state index in [0.717, 1.165) is 24.0 Å². The van der Waals surface area contributed by atoms with Gasteiger partial charge in [-0.2, -0.15) is 0 Å². The van der Waals surface area contributed by atoms with Crippen molar-refractivity contribution in [1.29, 1.82) is 0 Å². The number of fused-ring (bicyclic) bond motifs is 1. The summed E-state index contributed by atoms with van der Waals surface area (Å²) in [6.07, 6.45) is 6.62. The monoisotopic (exact) mass is 255 g/mol. The van der Waals surface area contributed by atoms with Crippen LogP contribution in [0.4, 0.5) is 0 Å². The molecule has 1 aliphatic carbocycles. The minimum atomic E-state index is 0.267. The second kappa shape index (κ2) is 5.41. The molecule has 0 atom stereocenters. The van der Waals surface area contributed by atoms with E-state index in [0.29, 0.717) is 19.8 Å². The number of rotatable bonds is 4. The quantitative estimate of drug-likeness (QED) is 0.840. The summed E-state index contributed by atoms with van der Waals surface area (Å²) in [6, 6.07) is 10.1. The lowest BCUT2D eigenvalue weighted by Crippen LogP contribution is -2.07. The molecule has 0 spiro atoms. The van der Waals surface area contributed by atoms with E-state index < -0.39 is 0 Å². The number of hydrogen-bond acceptors (Lipinski definition) is 2. The smallest absolute Gasteiger partial charge is 0.164 e. The van der Waals surface area contributed by atoms with Crippen molar-refractivity contribution in [3.05, 3.63) is 59.4 Å². The van der Waals surface area contributed by atoms with Gasteiger partial charge in [0.05, 0.1) is 6.61 Å². The molecular formula is C16H17NO2. The summed E-state index contributed by atoms with van der Waals surface area (Å²) in [7, 11) is 0.